The van der Waals surface area contributed by atoms with Gasteiger partial charge in [-0.2, -0.15) is 5.10 Å². The van der Waals surface area contributed by atoms with Crippen LogP contribution < -0.4 is 5.56 Å². The molecule has 0 aliphatic carbocycles. The Labute approximate surface area is 152 Å². The molecule has 2 aliphatic rings. The molecule has 2 fully saturated rings. The third-order valence-corrected chi connectivity index (χ3v) is 5.38. The van der Waals surface area contributed by atoms with Crippen molar-refractivity contribution < 1.29 is 14.3 Å². The van der Waals surface area contributed by atoms with Crippen LogP contribution in [0.15, 0.2) is 16.9 Å². The SMILES string of the molecule is CCC[C@@H](C)N1CC2(CCN(C(=O)c3ccc(=O)n(C)n3)CC2)OC1=O. The molecule has 8 heteroatoms. The molecular weight excluding hydrogens is 336 g/mol. The van der Waals surface area contributed by atoms with Gasteiger partial charge in [-0.05, 0) is 19.4 Å². The second kappa shape index (κ2) is 7.09. The lowest BCUT2D eigenvalue weighted by atomic mass is 9.90. The van der Waals surface area contributed by atoms with Crippen molar-refractivity contribution in [2.45, 2.75) is 51.2 Å². The van der Waals surface area contributed by atoms with Crippen LogP contribution in [0.25, 0.3) is 0 Å². The molecule has 0 aromatic carbocycles. The molecule has 0 saturated carbocycles. The quantitative estimate of drug-likeness (QED) is 0.808. The molecule has 2 amide bonds. The van der Waals surface area contributed by atoms with E-state index in [-0.39, 0.29) is 29.3 Å². The summed E-state index contributed by atoms with van der Waals surface area (Å²) < 4.78 is 6.88. The molecule has 3 heterocycles. The van der Waals surface area contributed by atoms with Gasteiger partial charge in [-0.25, -0.2) is 9.48 Å². The maximum absolute atomic E-state index is 12.6. The summed E-state index contributed by atoms with van der Waals surface area (Å²) in [5.41, 5.74) is -0.490. The van der Waals surface area contributed by atoms with Gasteiger partial charge in [-0.3, -0.25) is 9.59 Å². The Balaban J connectivity index is 1.64. The zero-order chi connectivity index (χ0) is 18.9. The molecule has 1 atom stereocenters. The van der Waals surface area contributed by atoms with Gasteiger partial charge in [0.1, 0.15) is 11.3 Å². The Kier molecular flexibility index (Phi) is 5.02. The standard InChI is InChI=1S/C18H26N4O4/c1-4-5-13(2)22-12-18(26-17(22)25)8-10-21(11-9-18)16(24)14-6-7-15(23)20(3)19-14/h6-7,13H,4-5,8-12H2,1-3H3/t13-/m1/s1. The minimum atomic E-state index is -0.493. The second-order valence-corrected chi connectivity index (χ2v) is 7.29. The number of rotatable bonds is 4. The van der Waals surface area contributed by atoms with Crippen LogP contribution in [-0.2, 0) is 11.8 Å². The number of amides is 2. The third-order valence-electron chi connectivity index (χ3n) is 5.38. The number of ether oxygens (including phenoxy) is 1. The van der Waals surface area contributed by atoms with E-state index in [1.54, 1.807) is 4.90 Å². The van der Waals surface area contributed by atoms with Gasteiger partial charge in [0, 0.05) is 45.1 Å². The number of likely N-dealkylation sites (tertiary alicyclic amines) is 1. The first-order valence-corrected chi connectivity index (χ1v) is 9.18. The Morgan fingerprint density at radius 1 is 1.31 bits per heavy atom. The van der Waals surface area contributed by atoms with E-state index in [0.717, 1.165) is 17.5 Å². The summed E-state index contributed by atoms with van der Waals surface area (Å²) in [5.74, 6) is -0.198. The molecule has 8 nitrogen and oxygen atoms in total. The van der Waals surface area contributed by atoms with Crippen LogP contribution in [0, 0.1) is 0 Å². The van der Waals surface area contributed by atoms with Crippen molar-refractivity contribution in [3.8, 4) is 0 Å². The van der Waals surface area contributed by atoms with E-state index < -0.39 is 5.60 Å². The van der Waals surface area contributed by atoms with Crippen molar-refractivity contribution in [2.75, 3.05) is 19.6 Å². The van der Waals surface area contributed by atoms with Gasteiger partial charge >= 0.3 is 6.09 Å². The number of hydrogen-bond donors (Lipinski definition) is 0. The topological polar surface area (TPSA) is 84.7 Å². The predicted molar refractivity (Wildman–Crippen MR) is 94.9 cm³/mol. The first-order valence-electron chi connectivity index (χ1n) is 9.18. The zero-order valence-electron chi connectivity index (χ0n) is 15.6. The molecule has 1 spiro atoms. The molecule has 3 rings (SSSR count). The minimum absolute atomic E-state index is 0.168. The second-order valence-electron chi connectivity index (χ2n) is 7.29. The zero-order valence-corrected chi connectivity index (χ0v) is 15.6. The maximum Gasteiger partial charge on any atom is 0.410 e. The molecule has 0 unspecified atom stereocenters. The van der Waals surface area contributed by atoms with Crippen LogP contribution in [0.4, 0.5) is 4.79 Å². The smallest absolute Gasteiger partial charge is 0.410 e. The summed E-state index contributed by atoms with van der Waals surface area (Å²) in [6.45, 7) is 5.76. The summed E-state index contributed by atoms with van der Waals surface area (Å²) >= 11 is 0. The molecule has 2 saturated heterocycles. The van der Waals surface area contributed by atoms with Gasteiger partial charge in [-0.15, -0.1) is 0 Å². The van der Waals surface area contributed by atoms with Crippen LogP contribution in [-0.4, -0.2) is 62.9 Å². The average molecular weight is 362 g/mol. The van der Waals surface area contributed by atoms with Crippen molar-refractivity contribution in [3.05, 3.63) is 28.2 Å². The molecule has 0 bridgehead atoms. The van der Waals surface area contributed by atoms with Crippen LogP contribution in [0.3, 0.4) is 0 Å². The summed E-state index contributed by atoms with van der Waals surface area (Å²) in [6, 6.07) is 2.97. The fraction of sp³-hybridized carbons (Fsp3) is 0.667. The van der Waals surface area contributed by atoms with E-state index in [9.17, 15) is 14.4 Å². The lowest BCUT2D eigenvalue weighted by Crippen LogP contribution is -2.49. The summed E-state index contributed by atoms with van der Waals surface area (Å²) in [4.78, 5) is 39.8. The molecule has 1 aromatic rings. The number of nitrogens with zero attached hydrogens (tertiary/aromatic N) is 4. The highest BCUT2D eigenvalue weighted by Gasteiger charge is 2.48. The van der Waals surface area contributed by atoms with Crippen molar-refractivity contribution in [1.29, 1.82) is 0 Å². The lowest BCUT2D eigenvalue weighted by molar-refractivity contribution is 0.00283. The van der Waals surface area contributed by atoms with Crippen molar-refractivity contribution >= 4 is 12.0 Å². The highest BCUT2D eigenvalue weighted by Crippen LogP contribution is 2.35. The number of carbonyl (C=O) groups excluding carboxylic acids is 2. The van der Waals surface area contributed by atoms with Gasteiger partial charge in [0.05, 0.1) is 6.54 Å². The van der Waals surface area contributed by atoms with Gasteiger partial charge in [0.15, 0.2) is 0 Å². The van der Waals surface area contributed by atoms with Gasteiger partial charge < -0.3 is 14.5 Å². The molecule has 0 N–H and O–H groups in total. The number of carbonyl (C=O) groups is 2. The molecule has 2 aliphatic heterocycles. The van der Waals surface area contributed by atoms with Crippen LogP contribution in [0.2, 0.25) is 0 Å². The van der Waals surface area contributed by atoms with Crippen LogP contribution in [0.5, 0.6) is 0 Å². The number of aryl methyl sites for hydroxylation is 1. The maximum atomic E-state index is 12.6. The van der Waals surface area contributed by atoms with Crippen LogP contribution >= 0.6 is 0 Å². The Hall–Kier alpha value is -2.38. The van der Waals surface area contributed by atoms with E-state index in [1.807, 2.05) is 11.8 Å². The van der Waals surface area contributed by atoms with E-state index >= 15 is 0 Å². The van der Waals surface area contributed by atoms with Crippen molar-refractivity contribution in [1.82, 2.24) is 19.6 Å². The predicted octanol–water partition coefficient (Wildman–Crippen LogP) is 1.40. The van der Waals surface area contributed by atoms with Gasteiger partial charge in [-0.1, -0.05) is 13.3 Å². The average Bonchev–Trinajstić information content (AvgIpc) is 2.94. The molecule has 0 radical (unpaired) electrons. The van der Waals surface area contributed by atoms with E-state index in [1.165, 1.54) is 19.2 Å². The monoisotopic (exact) mass is 362 g/mol. The minimum Gasteiger partial charge on any atom is -0.441 e. The van der Waals surface area contributed by atoms with E-state index in [2.05, 4.69) is 12.0 Å². The highest BCUT2D eigenvalue weighted by atomic mass is 16.6. The first-order chi connectivity index (χ1) is 12.3. The Bertz CT molecular complexity index is 752. The molecule has 26 heavy (non-hydrogen) atoms. The normalized spacial score (nSPS) is 20.3. The van der Waals surface area contributed by atoms with Crippen molar-refractivity contribution in [3.63, 3.8) is 0 Å². The fourth-order valence-corrected chi connectivity index (χ4v) is 3.72. The molecule has 142 valence electrons. The number of hydrogen-bond acceptors (Lipinski definition) is 5. The van der Waals surface area contributed by atoms with E-state index in [0.29, 0.717) is 32.5 Å². The highest BCUT2D eigenvalue weighted by molar-refractivity contribution is 5.92. The Morgan fingerprint density at radius 2 is 2.00 bits per heavy atom. The first kappa shape index (κ1) is 18.4. The Morgan fingerprint density at radius 3 is 2.62 bits per heavy atom. The van der Waals surface area contributed by atoms with Gasteiger partial charge in [0.25, 0.3) is 11.5 Å². The fourth-order valence-electron chi connectivity index (χ4n) is 3.72. The number of piperidine rings is 1. The molecular formula is C18H26N4O4. The summed E-state index contributed by atoms with van der Waals surface area (Å²) in [5, 5.41) is 4.02. The summed E-state index contributed by atoms with van der Waals surface area (Å²) in [7, 11) is 1.52. The van der Waals surface area contributed by atoms with Crippen LogP contribution in [0.1, 0.15) is 50.0 Å². The van der Waals surface area contributed by atoms with Crippen molar-refractivity contribution in [2.24, 2.45) is 7.05 Å². The third kappa shape index (κ3) is 3.45. The van der Waals surface area contributed by atoms with Gasteiger partial charge in [0.2, 0.25) is 0 Å². The van der Waals surface area contributed by atoms with E-state index in [4.69, 9.17) is 4.74 Å². The summed E-state index contributed by atoms with van der Waals surface area (Å²) in [6.07, 6.45) is 2.96. The molecule has 1 aromatic heterocycles. The lowest BCUT2D eigenvalue weighted by Gasteiger charge is -2.37. The largest absolute Gasteiger partial charge is 0.441 e. The number of aromatic nitrogens is 2.